The molecule has 0 saturated heterocycles. The maximum absolute atomic E-state index is 10.3. The summed E-state index contributed by atoms with van der Waals surface area (Å²) in [4.78, 5) is 10.3. The van der Waals surface area contributed by atoms with E-state index in [4.69, 9.17) is 11.6 Å². The highest BCUT2D eigenvalue weighted by atomic mass is 16.4. The van der Waals surface area contributed by atoms with Crippen molar-refractivity contribution in [3.8, 4) is 5.75 Å². The molecular formula is C7H6O3. The summed E-state index contributed by atoms with van der Waals surface area (Å²) < 4.78 is 7.04. The van der Waals surface area contributed by atoms with Crippen LogP contribution in [0.25, 0.3) is 0 Å². The lowest BCUT2D eigenvalue weighted by Crippen LogP contribution is -1.95. The van der Waals surface area contributed by atoms with E-state index in [0.29, 0.717) is 0 Å². The Morgan fingerprint density at radius 1 is 1.60 bits per heavy atom. The fourth-order valence-electron chi connectivity index (χ4n) is 0.601. The lowest BCUT2D eigenvalue weighted by atomic mass is 10.2. The summed E-state index contributed by atoms with van der Waals surface area (Å²) in [6, 6.07) is 3.80. The molecule has 0 aliphatic rings. The van der Waals surface area contributed by atoms with Crippen LogP contribution in [0.15, 0.2) is 24.2 Å². The van der Waals surface area contributed by atoms with Crippen molar-refractivity contribution >= 4 is 5.97 Å². The second-order valence-corrected chi connectivity index (χ2v) is 1.74. The molecule has 0 aliphatic heterocycles. The summed E-state index contributed by atoms with van der Waals surface area (Å²) in [5.74, 6) is -1.71. The SMILES string of the molecule is [2H]c1cccc(C(=O)O)c1O. The van der Waals surface area contributed by atoms with Crippen molar-refractivity contribution in [3.63, 3.8) is 0 Å². The average molecular weight is 139 g/mol. The van der Waals surface area contributed by atoms with Crippen molar-refractivity contribution in [3.05, 3.63) is 29.8 Å². The number of carboxylic acids is 1. The summed E-state index contributed by atoms with van der Waals surface area (Å²) in [5, 5.41) is 17.4. The van der Waals surface area contributed by atoms with Crippen LogP contribution in [-0.2, 0) is 0 Å². The van der Waals surface area contributed by atoms with E-state index in [0.717, 1.165) is 0 Å². The van der Waals surface area contributed by atoms with E-state index in [1.165, 1.54) is 18.2 Å². The lowest BCUT2D eigenvalue weighted by Gasteiger charge is -1.95. The summed E-state index contributed by atoms with van der Waals surface area (Å²) in [7, 11) is 0. The Hall–Kier alpha value is -1.51. The van der Waals surface area contributed by atoms with Crippen molar-refractivity contribution < 1.29 is 16.4 Å². The quantitative estimate of drug-likeness (QED) is 0.612. The second-order valence-electron chi connectivity index (χ2n) is 1.74. The van der Waals surface area contributed by atoms with Gasteiger partial charge in [0, 0.05) is 0 Å². The van der Waals surface area contributed by atoms with Crippen molar-refractivity contribution in [2.75, 3.05) is 0 Å². The highest BCUT2D eigenvalue weighted by Gasteiger charge is 2.05. The molecule has 1 aromatic carbocycles. The normalized spacial score (nSPS) is 10.6. The molecular weight excluding hydrogens is 132 g/mol. The zero-order chi connectivity index (χ0) is 8.43. The number of carboxylic acid groups (broad SMARTS) is 1. The Morgan fingerprint density at radius 2 is 2.30 bits per heavy atom. The van der Waals surface area contributed by atoms with Gasteiger partial charge in [-0.1, -0.05) is 12.1 Å². The standard InChI is InChI=1S/C7H6O3/c8-6-4-2-1-3-5(6)7(9)10/h1-4,8H,(H,9,10)/i4D. The highest BCUT2D eigenvalue weighted by molar-refractivity contribution is 5.90. The van der Waals surface area contributed by atoms with Crippen LogP contribution in [0.5, 0.6) is 5.75 Å². The van der Waals surface area contributed by atoms with Gasteiger partial charge in [0.2, 0.25) is 0 Å². The number of aromatic carboxylic acids is 1. The Labute approximate surface area is 59.0 Å². The van der Waals surface area contributed by atoms with E-state index in [2.05, 4.69) is 0 Å². The number of benzene rings is 1. The third-order valence-electron chi connectivity index (χ3n) is 1.06. The predicted molar refractivity (Wildman–Crippen MR) is 35.1 cm³/mol. The van der Waals surface area contributed by atoms with Crippen LogP contribution >= 0.6 is 0 Å². The third-order valence-corrected chi connectivity index (χ3v) is 1.06. The van der Waals surface area contributed by atoms with Crippen molar-refractivity contribution in [1.29, 1.82) is 0 Å². The zero-order valence-corrected chi connectivity index (χ0v) is 5.03. The van der Waals surface area contributed by atoms with Crippen LogP contribution in [0.2, 0.25) is 0 Å². The molecule has 0 fully saturated rings. The summed E-state index contributed by atoms with van der Waals surface area (Å²) in [5.41, 5.74) is -0.238. The van der Waals surface area contributed by atoms with Gasteiger partial charge in [-0.3, -0.25) is 0 Å². The minimum Gasteiger partial charge on any atom is -0.507 e. The molecule has 0 bridgehead atoms. The molecule has 1 aromatic rings. The molecule has 0 aliphatic carbocycles. The van der Waals surface area contributed by atoms with Gasteiger partial charge in [-0.25, -0.2) is 4.79 Å². The third kappa shape index (κ3) is 1.07. The fraction of sp³-hybridized carbons (Fsp3) is 0. The van der Waals surface area contributed by atoms with E-state index in [9.17, 15) is 4.79 Å². The molecule has 0 atom stereocenters. The molecule has 2 N–H and O–H groups in total. The molecule has 1 rings (SSSR count). The van der Waals surface area contributed by atoms with E-state index in [1.54, 1.807) is 0 Å². The van der Waals surface area contributed by atoms with Gasteiger partial charge in [-0.05, 0) is 12.1 Å². The fourth-order valence-corrected chi connectivity index (χ4v) is 0.601. The van der Waals surface area contributed by atoms with Gasteiger partial charge in [0.05, 0.1) is 1.37 Å². The summed E-state index contributed by atoms with van der Waals surface area (Å²) >= 11 is 0. The van der Waals surface area contributed by atoms with Gasteiger partial charge in [-0.2, -0.15) is 0 Å². The molecule has 0 radical (unpaired) electrons. The van der Waals surface area contributed by atoms with E-state index < -0.39 is 11.7 Å². The van der Waals surface area contributed by atoms with Crippen molar-refractivity contribution in [1.82, 2.24) is 0 Å². The molecule has 52 valence electrons. The Morgan fingerprint density at radius 3 is 2.80 bits per heavy atom. The molecule has 0 amide bonds. The van der Waals surface area contributed by atoms with Crippen molar-refractivity contribution in [2.45, 2.75) is 0 Å². The van der Waals surface area contributed by atoms with Crippen molar-refractivity contribution in [2.24, 2.45) is 0 Å². The predicted octanol–water partition coefficient (Wildman–Crippen LogP) is 1.09. The number of hydrogen-bond donors (Lipinski definition) is 2. The van der Waals surface area contributed by atoms with Crippen LogP contribution < -0.4 is 0 Å². The van der Waals surface area contributed by atoms with Gasteiger partial charge in [0.1, 0.15) is 11.3 Å². The molecule has 0 spiro atoms. The van der Waals surface area contributed by atoms with Crippen LogP contribution in [0, 0.1) is 0 Å². The van der Waals surface area contributed by atoms with Crippen LogP contribution in [0.4, 0.5) is 0 Å². The first-order valence-electron chi connectivity index (χ1n) is 3.15. The van der Waals surface area contributed by atoms with Crippen LogP contribution in [-0.4, -0.2) is 16.2 Å². The first-order valence-corrected chi connectivity index (χ1v) is 2.65. The number of rotatable bonds is 1. The molecule has 3 nitrogen and oxygen atoms in total. The maximum atomic E-state index is 10.3. The van der Waals surface area contributed by atoms with Gasteiger partial charge in [-0.15, -0.1) is 0 Å². The average Bonchev–Trinajstić information content (AvgIpc) is 1.94. The van der Waals surface area contributed by atoms with Crippen LogP contribution in [0.1, 0.15) is 11.7 Å². The number of hydrogen-bond acceptors (Lipinski definition) is 2. The molecule has 0 aromatic heterocycles. The highest BCUT2D eigenvalue weighted by Crippen LogP contribution is 2.14. The largest absolute Gasteiger partial charge is 0.507 e. The number of carbonyl (C=O) groups is 1. The molecule has 0 saturated carbocycles. The van der Waals surface area contributed by atoms with Crippen LogP contribution in [0.3, 0.4) is 0 Å². The van der Waals surface area contributed by atoms with Gasteiger partial charge < -0.3 is 10.2 Å². The van der Waals surface area contributed by atoms with E-state index in [1.807, 2.05) is 0 Å². The van der Waals surface area contributed by atoms with Gasteiger partial charge in [0.25, 0.3) is 0 Å². The Balaban J connectivity index is 3.27. The molecule has 0 heterocycles. The van der Waals surface area contributed by atoms with Gasteiger partial charge >= 0.3 is 5.97 Å². The monoisotopic (exact) mass is 139 g/mol. The van der Waals surface area contributed by atoms with E-state index in [-0.39, 0.29) is 11.6 Å². The first-order chi connectivity index (χ1) is 5.13. The Kier molecular flexibility index (Phi) is 1.26. The van der Waals surface area contributed by atoms with E-state index >= 15 is 0 Å². The number of para-hydroxylation sites is 1. The first kappa shape index (κ1) is 5.29. The lowest BCUT2D eigenvalue weighted by molar-refractivity contribution is 0.0694. The Bertz CT molecular complexity index is 296. The molecule has 0 unspecified atom stereocenters. The maximum Gasteiger partial charge on any atom is 0.339 e. The molecule has 3 heteroatoms. The van der Waals surface area contributed by atoms with Gasteiger partial charge in [0.15, 0.2) is 0 Å². The minimum absolute atomic E-state index is 0.176. The summed E-state index contributed by atoms with van der Waals surface area (Å²) in [6.07, 6.45) is 0. The zero-order valence-electron chi connectivity index (χ0n) is 6.03. The number of phenols is 1. The topological polar surface area (TPSA) is 57.5 Å². The summed E-state index contributed by atoms with van der Waals surface area (Å²) in [6.45, 7) is 0. The number of aromatic hydroxyl groups is 1. The smallest absolute Gasteiger partial charge is 0.339 e. The minimum atomic E-state index is -1.23. The molecule has 10 heavy (non-hydrogen) atoms. The second kappa shape index (κ2) is 2.39.